The minimum Gasteiger partial charge on any atom is -0.468 e. The lowest BCUT2D eigenvalue weighted by molar-refractivity contribution is -0.143. The summed E-state index contributed by atoms with van der Waals surface area (Å²) in [5.41, 5.74) is -0.484. The van der Waals surface area contributed by atoms with Crippen LogP contribution in [0.5, 0.6) is 0 Å². The maximum absolute atomic E-state index is 11.9. The second kappa shape index (κ2) is 6.92. The molecular weight excluding hydrogens is 260 g/mol. The van der Waals surface area contributed by atoms with E-state index in [-0.39, 0.29) is 24.1 Å². The normalized spacial score (nSPS) is 20.1. The van der Waals surface area contributed by atoms with Crippen LogP contribution in [0.25, 0.3) is 0 Å². The summed E-state index contributed by atoms with van der Waals surface area (Å²) in [5.74, 6) is -0.268. The highest BCUT2D eigenvalue weighted by Crippen LogP contribution is 2.20. The molecule has 1 saturated heterocycles. The molecule has 0 saturated carbocycles. The molecule has 1 heterocycles. The van der Waals surface area contributed by atoms with Crippen molar-refractivity contribution in [3.05, 3.63) is 0 Å². The largest absolute Gasteiger partial charge is 0.468 e. The molecule has 0 bridgehead atoms. The maximum atomic E-state index is 11.9. The van der Waals surface area contributed by atoms with E-state index in [4.69, 9.17) is 9.47 Å². The van der Waals surface area contributed by atoms with Gasteiger partial charge in [-0.2, -0.15) is 0 Å². The third-order valence-corrected chi connectivity index (χ3v) is 3.27. The van der Waals surface area contributed by atoms with E-state index in [0.717, 1.165) is 6.42 Å². The van der Waals surface area contributed by atoms with Crippen LogP contribution in [-0.2, 0) is 14.3 Å². The predicted molar refractivity (Wildman–Crippen MR) is 75.4 cm³/mol. The van der Waals surface area contributed by atoms with Crippen molar-refractivity contribution < 1.29 is 19.1 Å². The molecule has 1 fully saturated rings. The molecule has 0 aromatic heterocycles. The van der Waals surface area contributed by atoms with E-state index in [0.29, 0.717) is 19.5 Å². The van der Waals surface area contributed by atoms with Gasteiger partial charge in [-0.1, -0.05) is 6.92 Å². The minimum absolute atomic E-state index is 0.0866. The van der Waals surface area contributed by atoms with Gasteiger partial charge in [0.25, 0.3) is 0 Å². The smallest absolute Gasteiger partial charge is 0.410 e. The second-order valence-electron chi connectivity index (χ2n) is 6.01. The molecule has 20 heavy (non-hydrogen) atoms. The molecule has 1 N–H and O–H groups in total. The summed E-state index contributed by atoms with van der Waals surface area (Å²) in [6, 6.07) is -0.232. The summed E-state index contributed by atoms with van der Waals surface area (Å²) >= 11 is 0. The number of rotatable bonds is 5. The number of likely N-dealkylation sites (tertiary alicyclic amines) is 1. The van der Waals surface area contributed by atoms with Crippen molar-refractivity contribution >= 4 is 12.1 Å². The predicted octanol–water partition coefficient (Wildman–Crippen LogP) is 1.54. The molecule has 2 atom stereocenters. The van der Waals surface area contributed by atoms with Crippen molar-refractivity contribution in [2.75, 3.05) is 20.2 Å². The number of hydrogen-bond acceptors (Lipinski definition) is 5. The molecule has 1 amide bonds. The monoisotopic (exact) mass is 286 g/mol. The summed E-state index contributed by atoms with van der Waals surface area (Å²) in [4.78, 5) is 25.1. The fraction of sp³-hybridized carbons (Fsp3) is 0.857. The van der Waals surface area contributed by atoms with Crippen LogP contribution < -0.4 is 5.32 Å². The molecule has 1 rings (SSSR count). The number of methoxy groups -OCH3 is 1. The molecule has 6 nitrogen and oxygen atoms in total. The molecule has 1 aliphatic rings. The third kappa shape index (κ3) is 4.67. The highest BCUT2D eigenvalue weighted by molar-refractivity contribution is 5.75. The Hall–Kier alpha value is -1.30. The number of amides is 1. The first-order valence-corrected chi connectivity index (χ1v) is 7.09. The van der Waals surface area contributed by atoms with Crippen molar-refractivity contribution in [2.45, 2.75) is 58.2 Å². The Labute approximate surface area is 120 Å². The number of nitrogens with one attached hydrogen (secondary N) is 1. The first kappa shape index (κ1) is 16.8. The lowest BCUT2D eigenvalue weighted by atomic mass is 10.0. The zero-order valence-electron chi connectivity index (χ0n) is 13.1. The highest BCUT2D eigenvalue weighted by atomic mass is 16.6. The zero-order valence-corrected chi connectivity index (χ0v) is 13.1. The topological polar surface area (TPSA) is 67.9 Å². The van der Waals surface area contributed by atoms with Gasteiger partial charge in [0.05, 0.1) is 7.11 Å². The van der Waals surface area contributed by atoms with Crippen molar-refractivity contribution in [3.8, 4) is 0 Å². The Kier molecular flexibility index (Phi) is 5.80. The van der Waals surface area contributed by atoms with Crippen LogP contribution in [-0.4, -0.2) is 54.8 Å². The molecule has 116 valence electrons. The van der Waals surface area contributed by atoms with Gasteiger partial charge < -0.3 is 19.7 Å². The Balaban J connectivity index is 2.42. The lowest BCUT2D eigenvalue weighted by Crippen LogP contribution is -2.57. The van der Waals surface area contributed by atoms with Crippen LogP contribution >= 0.6 is 0 Å². The van der Waals surface area contributed by atoms with E-state index >= 15 is 0 Å². The Bertz CT molecular complexity index is 352. The van der Waals surface area contributed by atoms with Gasteiger partial charge in [0.15, 0.2) is 0 Å². The quantitative estimate of drug-likeness (QED) is 0.776. The highest BCUT2D eigenvalue weighted by Gasteiger charge is 2.35. The van der Waals surface area contributed by atoms with Gasteiger partial charge >= 0.3 is 12.1 Å². The van der Waals surface area contributed by atoms with E-state index in [2.05, 4.69) is 5.32 Å². The Morgan fingerprint density at radius 2 is 2.05 bits per heavy atom. The molecule has 1 aliphatic heterocycles. The fourth-order valence-electron chi connectivity index (χ4n) is 2.03. The Morgan fingerprint density at radius 1 is 1.40 bits per heavy atom. The number of nitrogens with zero attached hydrogens (tertiary/aromatic N) is 1. The molecule has 0 aromatic carbocycles. The molecule has 2 unspecified atom stereocenters. The summed E-state index contributed by atoms with van der Waals surface area (Å²) in [6.07, 6.45) is 1.29. The summed E-state index contributed by atoms with van der Waals surface area (Å²) < 4.78 is 10.1. The minimum atomic E-state index is -0.484. The van der Waals surface area contributed by atoms with Crippen molar-refractivity contribution in [2.24, 2.45) is 0 Å². The summed E-state index contributed by atoms with van der Waals surface area (Å²) in [5, 5.41) is 3.15. The third-order valence-electron chi connectivity index (χ3n) is 3.27. The summed E-state index contributed by atoms with van der Waals surface area (Å²) in [7, 11) is 1.38. The van der Waals surface area contributed by atoms with E-state index in [1.165, 1.54) is 7.11 Å². The van der Waals surface area contributed by atoms with Gasteiger partial charge in [0.2, 0.25) is 0 Å². The van der Waals surface area contributed by atoms with Gasteiger partial charge in [-0.3, -0.25) is 4.79 Å². The SMILES string of the molecule is CCC(NCC1CCN1C(=O)OC(C)(C)C)C(=O)OC. The fourth-order valence-corrected chi connectivity index (χ4v) is 2.03. The van der Waals surface area contributed by atoms with Crippen molar-refractivity contribution in [1.29, 1.82) is 0 Å². The molecule has 0 spiro atoms. The molecular formula is C14H26N2O4. The molecule has 0 aromatic rings. The summed E-state index contributed by atoms with van der Waals surface area (Å²) in [6.45, 7) is 8.75. The number of ether oxygens (including phenoxy) is 2. The van der Waals surface area contributed by atoms with Crippen molar-refractivity contribution in [1.82, 2.24) is 10.2 Å². The number of hydrogen-bond donors (Lipinski definition) is 1. The van der Waals surface area contributed by atoms with E-state index in [9.17, 15) is 9.59 Å². The van der Waals surface area contributed by atoms with Crippen LogP contribution in [0.4, 0.5) is 4.79 Å². The van der Waals surface area contributed by atoms with Crippen LogP contribution in [0.1, 0.15) is 40.5 Å². The average Bonchev–Trinajstić information content (AvgIpc) is 2.29. The molecule has 6 heteroatoms. The molecule has 0 aliphatic carbocycles. The van der Waals surface area contributed by atoms with Gasteiger partial charge in [-0.25, -0.2) is 4.79 Å². The first-order valence-electron chi connectivity index (χ1n) is 7.09. The van der Waals surface area contributed by atoms with Crippen molar-refractivity contribution in [3.63, 3.8) is 0 Å². The van der Waals surface area contributed by atoms with Crippen LogP contribution in [0, 0.1) is 0 Å². The van der Waals surface area contributed by atoms with Gasteiger partial charge in [0, 0.05) is 19.1 Å². The van der Waals surface area contributed by atoms with Gasteiger partial charge in [0.1, 0.15) is 11.6 Å². The number of esters is 1. The van der Waals surface area contributed by atoms with Crippen LogP contribution in [0.15, 0.2) is 0 Å². The van der Waals surface area contributed by atoms with E-state index in [1.54, 1.807) is 4.90 Å². The zero-order chi connectivity index (χ0) is 15.3. The van der Waals surface area contributed by atoms with E-state index in [1.807, 2.05) is 27.7 Å². The maximum Gasteiger partial charge on any atom is 0.410 e. The van der Waals surface area contributed by atoms with Crippen LogP contribution in [0.2, 0.25) is 0 Å². The van der Waals surface area contributed by atoms with Crippen LogP contribution in [0.3, 0.4) is 0 Å². The number of carbonyl (C=O) groups is 2. The average molecular weight is 286 g/mol. The first-order chi connectivity index (χ1) is 9.28. The lowest BCUT2D eigenvalue weighted by Gasteiger charge is -2.41. The Morgan fingerprint density at radius 3 is 2.45 bits per heavy atom. The van der Waals surface area contributed by atoms with Gasteiger partial charge in [-0.05, 0) is 33.6 Å². The van der Waals surface area contributed by atoms with E-state index < -0.39 is 5.60 Å². The number of carbonyl (C=O) groups excluding carboxylic acids is 2. The second-order valence-corrected chi connectivity index (χ2v) is 6.01. The molecule has 0 radical (unpaired) electrons. The standard InChI is InChI=1S/C14H26N2O4/c1-6-11(12(17)19-5)15-9-10-7-8-16(10)13(18)20-14(2,3)4/h10-11,15H,6-9H2,1-5H3. The van der Waals surface area contributed by atoms with Gasteiger partial charge in [-0.15, -0.1) is 0 Å².